The number of alkyl halides is 3. The van der Waals surface area contributed by atoms with E-state index in [1.807, 2.05) is 0 Å². The molecule has 0 saturated heterocycles. The molecule has 0 radical (unpaired) electrons. The predicted octanol–water partition coefficient (Wildman–Crippen LogP) is 2.78. The minimum atomic E-state index is -4.53. The molecular weight excluding hydrogens is 358 g/mol. The highest BCUT2D eigenvalue weighted by molar-refractivity contribution is 8.13. The van der Waals surface area contributed by atoms with E-state index in [0.29, 0.717) is 0 Å². The number of halogens is 5. The lowest BCUT2D eigenvalue weighted by atomic mass is 10.3. The molecular formula is C10H8Cl2F3NO4S. The number of rotatable bonds is 5. The topological polar surface area (TPSA) is 72.5 Å². The van der Waals surface area contributed by atoms with Crippen LogP contribution in [0.5, 0.6) is 0 Å². The van der Waals surface area contributed by atoms with Crippen LogP contribution in [0.1, 0.15) is 0 Å². The van der Waals surface area contributed by atoms with Crippen LogP contribution in [0.3, 0.4) is 0 Å². The SMILES string of the molecule is O=C(COCC(F)(F)F)Nc1ccc(S(=O)(=O)Cl)c(Cl)c1. The van der Waals surface area contributed by atoms with Gasteiger partial charge in [0.25, 0.3) is 9.05 Å². The van der Waals surface area contributed by atoms with Crippen LogP contribution in [0.2, 0.25) is 5.02 Å². The molecule has 21 heavy (non-hydrogen) atoms. The maximum atomic E-state index is 11.8. The molecule has 1 N–H and O–H groups in total. The Morgan fingerprint density at radius 3 is 2.43 bits per heavy atom. The summed E-state index contributed by atoms with van der Waals surface area (Å²) in [5, 5.41) is 1.96. The van der Waals surface area contributed by atoms with Gasteiger partial charge in [-0.2, -0.15) is 13.2 Å². The van der Waals surface area contributed by atoms with Gasteiger partial charge in [-0.25, -0.2) is 8.42 Å². The molecule has 1 rings (SSSR count). The molecule has 0 fully saturated rings. The van der Waals surface area contributed by atoms with E-state index >= 15 is 0 Å². The Bertz CT molecular complexity index is 634. The number of carbonyl (C=O) groups is 1. The maximum Gasteiger partial charge on any atom is 0.411 e. The van der Waals surface area contributed by atoms with E-state index in [2.05, 4.69) is 10.1 Å². The highest BCUT2D eigenvalue weighted by Gasteiger charge is 2.27. The van der Waals surface area contributed by atoms with Crippen molar-refractivity contribution in [3.8, 4) is 0 Å². The lowest BCUT2D eigenvalue weighted by molar-refractivity contribution is -0.174. The molecule has 5 nitrogen and oxygen atoms in total. The van der Waals surface area contributed by atoms with Crippen LogP contribution in [0.4, 0.5) is 18.9 Å². The monoisotopic (exact) mass is 365 g/mol. The number of carbonyl (C=O) groups excluding carboxylic acids is 1. The second kappa shape index (κ2) is 6.82. The summed E-state index contributed by atoms with van der Waals surface area (Å²) in [6.45, 7) is -2.36. The van der Waals surface area contributed by atoms with Gasteiger partial charge in [-0.3, -0.25) is 4.79 Å². The summed E-state index contributed by atoms with van der Waals surface area (Å²) in [6.07, 6.45) is -4.53. The molecule has 0 unspecified atom stereocenters. The first-order chi connectivity index (χ1) is 9.49. The van der Waals surface area contributed by atoms with Crippen LogP contribution in [0, 0.1) is 0 Å². The fourth-order valence-electron chi connectivity index (χ4n) is 1.23. The van der Waals surface area contributed by atoms with Gasteiger partial charge in [0, 0.05) is 16.4 Å². The molecule has 1 aromatic rings. The van der Waals surface area contributed by atoms with Crippen LogP contribution >= 0.6 is 22.3 Å². The Morgan fingerprint density at radius 2 is 1.95 bits per heavy atom. The molecule has 1 amide bonds. The zero-order valence-corrected chi connectivity index (χ0v) is 12.4. The molecule has 0 aliphatic rings. The van der Waals surface area contributed by atoms with Crippen molar-refractivity contribution in [2.45, 2.75) is 11.1 Å². The van der Waals surface area contributed by atoms with E-state index in [4.69, 9.17) is 22.3 Å². The fourth-order valence-corrected chi connectivity index (χ4v) is 2.76. The number of nitrogens with one attached hydrogen (secondary N) is 1. The standard InChI is InChI=1S/C10H8Cl2F3NO4S/c11-7-3-6(1-2-8(7)21(12,18)19)16-9(17)4-20-5-10(13,14)15/h1-3H,4-5H2,(H,16,17). The van der Waals surface area contributed by atoms with E-state index in [-0.39, 0.29) is 15.6 Å². The van der Waals surface area contributed by atoms with Gasteiger partial charge < -0.3 is 10.1 Å². The lowest BCUT2D eigenvalue weighted by Gasteiger charge is -2.09. The average molecular weight is 366 g/mol. The molecule has 0 heterocycles. The number of amides is 1. The Kier molecular flexibility index (Phi) is 5.85. The Balaban J connectivity index is 2.64. The molecule has 0 atom stereocenters. The lowest BCUT2D eigenvalue weighted by Crippen LogP contribution is -2.24. The summed E-state index contributed by atoms with van der Waals surface area (Å²) in [6, 6.07) is 3.33. The Morgan fingerprint density at radius 1 is 1.33 bits per heavy atom. The second-order valence-electron chi connectivity index (χ2n) is 3.74. The maximum absolute atomic E-state index is 11.8. The fraction of sp³-hybridized carbons (Fsp3) is 0.300. The zero-order chi connectivity index (χ0) is 16.3. The molecule has 0 aliphatic carbocycles. The van der Waals surface area contributed by atoms with Crippen LogP contribution in [-0.2, 0) is 18.6 Å². The van der Waals surface area contributed by atoms with E-state index < -0.39 is 34.3 Å². The van der Waals surface area contributed by atoms with Crippen molar-refractivity contribution in [1.29, 1.82) is 0 Å². The van der Waals surface area contributed by atoms with E-state index in [1.165, 1.54) is 6.07 Å². The van der Waals surface area contributed by atoms with Crippen LogP contribution < -0.4 is 5.32 Å². The van der Waals surface area contributed by atoms with Crippen LogP contribution in [-0.4, -0.2) is 33.7 Å². The van der Waals surface area contributed by atoms with Crippen molar-refractivity contribution in [1.82, 2.24) is 0 Å². The van der Waals surface area contributed by atoms with Gasteiger partial charge in [0.2, 0.25) is 5.91 Å². The number of anilines is 1. The van der Waals surface area contributed by atoms with E-state index in [0.717, 1.165) is 12.1 Å². The van der Waals surface area contributed by atoms with E-state index in [9.17, 15) is 26.4 Å². The molecule has 0 saturated carbocycles. The summed E-state index contributed by atoms with van der Waals surface area (Å²) in [7, 11) is 1.08. The second-order valence-corrected chi connectivity index (χ2v) is 6.68. The van der Waals surface area contributed by atoms with Crippen molar-refractivity contribution >= 4 is 42.9 Å². The minimum Gasteiger partial charge on any atom is -0.362 e. The van der Waals surface area contributed by atoms with Gasteiger partial charge in [0.15, 0.2) is 0 Å². The van der Waals surface area contributed by atoms with Gasteiger partial charge in [-0.1, -0.05) is 11.6 Å². The van der Waals surface area contributed by atoms with E-state index in [1.54, 1.807) is 0 Å². The highest BCUT2D eigenvalue weighted by atomic mass is 35.7. The molecule has 0 bridgehead atoms. The first-order valence-electron chi connectivity index (χ1n) is 5.17. The largest absolute Gasteiger partial charge is 0.411 e. The van der Waals surface area contributed by atoms with Gasteiger partial charge in [-0.05, 0) is 18.2 Å². The molecule has 0 aliphatic heterocycles. The highest BCUT2D eigenvalue weighted by Crippen LogP contribution is 2.27. The summed E-state index contributed by atoms with van der Waals surface area (Å²) in [5.41, 5.74) is 0.0877. The average Bonchev–Trinajstić information content (AvgIpc) is 2.24. The Hall–Kier alpha value is -1.03. The third-order valence-corrected chi connectivity index (χ3v) is 3.78. The zero-order valence-electron chi connectivity index (χ0n) is 10.1. The summed E-state index contributed by atoms with van der Waals surface area (Å²) in [5.74, 6) is -0.850. The first-order valence-corrected chi connectivity index (χ1v) is 7.86. The number of ether oxygens (including phenoxy) is 1. The van der Waals surface area contributed by atoms with Crippen molar-refractivity contribution in [2.24, 2.45) is 0 Å². The first kappa shape index (κ1) is 18.0. The predicted molar refractivity (Wildman–Crippen MR) is 70.0 cm³/mol. The van der Waals surface area contributed by atoms with Crippen molar-refractivity contribution in [2.75, 3.05) is 18.5 Å². The third kappa shape index (κ3) is 6.51. The third-order valence-electron chi connectivity index (χ3n) is 1.98. The van der Waals surface area contributed by atoms with Gasteiger partial charge in [0.1, 0.15) is 18.1 Å². The summed E-state index contributed by atoms with van der Waals surface area (Å²) >= 11 is 5.67. The smallest absolute Gasteiger partial charge is 0.362 e. The summed E-state index contributed by atoms with van der Waals surface area (Å²) in [4.78, 5) is 11.0. The van der Waals surface area contributed by atoms with Gasteiger partial charge >= 0.3 is 6.18 Å². The van der Waals surface area contributed by atoms with Crippen molar-refractivity contribution < 1.29 is 31.1 Å². The van der Waals surface area contributed by atoms with Gasteiger partial charge in [-0.15, -0.1) is 0 Å². The molecule has 118 valence electrons. The van der Waals surface area contributed by atoms with Crippen molar-refractivity contribution in [3.63, 3.8) is 0 Å². The minimum absolute atomic E-state index is 0.0877. The molecule has 0 spiro atoms. The van der Waals surface area contributed by atoms with Gasteiger partial charge in [0.05, 0.1) is 5.02 Å². The normalized spacial score (nSPS) is 12.2. The quantitative estimate of drug-likeness (QED) is 0.814. The molecule has 0 aromatic heterocycles. The van der Waals surface area contributed by atoms with Crippen LogP contribution in [0.25, 0.3) is 0 Å². The number of benzene rings is 1. The Labute approximate surface area is 127 Å². The van der Waals surface area contributed by atoms with Crippen LogP contribution in [0.15, 0.2) is 23.1 Å². The molecule has 1 aromatic carbocycles. The number of hydrogen-bond donors (Lipinski definition) is 1. The number of hydrogen-bond acceptors (Lipinski definition) is 4. The van der Waals surface area contributed by atoms with Crippen molar-refractivity contribution in [3.05, 3.63) is 23.2 Å². The molecule has 11 heteroatoms. The summed E-state index contributed by atoms with van der Waals surface area (Å²) < 4.78 is 61.7.